The van der Waals surface area contributed by atoms with E-state index >= 15 is 0 Å². The highest BCUT2D eigenvalue weighted by Gasteiger charge is 2.20. The van der Waals surface area contributed by atoms with Crippen LogP contribution in [-0.4, -0.2) is 39.9 Å². The highest BCUT2D eigenvalue weighted by Crippen LogP contribution is 2.25. The van der Waals surface area contributed by atoms with Crippen LogP contribution in [0.25, 0.3) is 0 Å². The number of aromatic nitrogens is 3. The number of aliphatic imine (C=N–C) groups is 1. The topological polar surface area (TPSA) is 114 Å². The van der Waals surface area contributed by atoms with Crippen molar-refractivity contribution in [1.29, 1.82) is 0 Å². The lowest BCUT2D eigenvalue weighted by atomic mass is 10.1. The lowest BCUT2D eigenvalue weighted by molar-refractivity contribution is 0.0237. The van der Waals surface area contributed by atoms with Gasteiger partial charge in [-0.2, -0.15) is 5.10 Å². The van der Waals surface area contributed by atoms with Crippen LogP contribution in [0.15, 0.2) is 29.6 Å². The first-order valence-electron chi connectivity index (χ1n) is 7.45. The largest absolute Gasteiger partial charge is 0.474 e. The number of anilines is 1. The first-order chi connectivity index (χ1) is 11.1. The number of aryl methyl sites for hydroxylation is 1. The fraction of sp³-hybridized carbons (Fsp3) is 0.400. The van der Waals surface area contributed by atoms with E-state index in [1.165, 1.54) is 0 Å². The molecule has 3 heterocycles. The molecule has 0 aromatic carbocycles. The third-order valence-corrected chi connectivity index (χ3v) is 3.59. The van der Waals surface area contributed by atoms with Gasteiger partial charge < -0.3 is 20.9 Å². The van der Waals surface area contributed by atoms with Crippen LogP contribution in [0, 0.1) is 0 Å². The molecule has 0 aliphatic carbocycles. The molecule has 0 spiro atoms. The monoisotopic (exact) mass is 316 g/mol. The molecule has 0 bridgehead atoms. The molecule has 0 unspecified atom stereocenters. The Kier molecular flexibility index (Phi) is 4.42. The summed E-state index contributed by atoms with van der Waals surface area (Å²) < 4.78 is 13.0. The zero-order chi connectivity index (χ0) is 16.2. The summed E-state index contributed by atoms with van der Waals surface area (Å²) in [4.78, 5) is 8.63. The van der Waals surface area contributed by atoms with Gasteiger partial charge in [0.25, 0.3) is 0 Å². The number of rotatable bonds is 4. The van der Waals surface area contributed by atoms with Gasteiger partial charge in [-0.25, -0.2) is 9.98 Å². The zero-order valence-electron chi connectivity index (χ0n) is 13.0. The van der Waals surface area contributed by atoms with Gasteiger partial charge in [-0.05, 0) is 6.07 Å². The van der Waals surface area contributed by atoms with E-state index in [1.54, 1.807) is 29.3 Å². The van der Waals surface area contributed by atoms with Gasteiger partial charge in [0.05, 0.1) is 25.6 Å². The Morgan fingerprint density at radius 2 is 2.22 bits per heavy atom. The molecule has 2 aromatic rings. The van der Waals surface area contributed by atoms with Crippen molar-refractivity contribution < 1.29 is 9.47 Å². The average Bonchev–Trinajstić information content (AvgIpc) is 2.93. The van der Waals surface area contributed by atoms with Crippen LogP contribution < -0.4 is 16.2 Å². The van der Waals surface area contributed by atoms with Crippen molar-refractivity contribution in [2.75, 3.05) is 18.9 Å². The second kappa shape index (κ2) is 6.66. The lowest BCUT2D eigenvalue weighted by Gasteiger charge is -2.24. The third-order valence-electron chi connectivity index (χ3n) is 3.59. The van der Waals surface area contributed by atoms with Gasteiger partial charge in [-0.15, -0.1) is 0 Å². The molecular formula is C15H20N6O2. The Morgan fingerprint density at radius 3 is 2.91 bits per heavy atom. The molecule has 0 radical (unpaired) electrons. The molecule has 8 nitrogen and oxygen atoms in total. The molecule has 0 atom stereocenters. The predicted molar refractivity (Wildman–Crippen MR) is 86.7 cm³/mol. The number of hydrogen-bond acceptors (Lipinski definition) is 6. The minimum absolute atomic E-state index is 0.0444. The van der Waals surface area contributed by atoms with Crippen LogP contribution in [0.4, 0.5) is 11.4 Å². The van der Waals surface area contributed by atoms with Gasteiger partial charge in [0.1, 0.15) is 23.2 Å². The molecule has 122 valence electrons. The summed E-state index contributed by atoms with van der Waals surface area (Å²) in [6.45, 7) is 1.36. The fourth-order valence-corrected chi connectivity index (χ4v) is 2.42. The number of pyridine rings is 1. The first-order valence-corrected chi connectivity index (χ1v) is 7.45. The SMILES string of the molecule is Cn1cc(N=C(N)c2c(N)ccnc2OC2CCOCC2)cn1. The minimum Gasteiger partial charge on any atom is -0.474 e. The number of nitrogen functional groups attached to an aromatic ring is 1. The van der Waals surface area contributed by atoms with Crippen LogP contribution in [0.1, 0.15) is 18.4 Å². The molecule has 8 heteroatoms. The van der Waals surface area contributed by atoms with Gasteiger partial charge in [0, 0.05) is 31.8 Å². The summed E-state index contributed by atoms with van der Waals surface area (Å²) in [5.41, 5.74) is 13.8. The number of nitrogens with two attached hydrogens (primary N) is 2. The predicted octanol–water partition coefficient (Wildman–Crippen LogP) is 0.992. The van der Waals surface area contributed by atoms with Gasteiger partial charge >= 0.3 is 0 Å². The summed E-state index contributed by atoms with van der Waals surface area (Å²) in [6.07, 6.45) is 6.66. The number of amidine groups is 1. The van der Waals surface area contributed by atoms with Crippen LogP contribution in [0.5, 0.6) is 5.88 Å². The van der Waals surface area contributed by atoms with Crippen LogP contribution in [0.3, 0.4) is 0 Å². The molecule has 1 aliphatic heterocycles. The molecule has 1 saturated heterocycles. The second-order valence-electron chi connectivity index (χ2n) is 5.38. The van der Waals surface area contributed by atoms with Gasteiger partial charge in [-0.1, -0.05) is 0 Å². The summed E-state index contributed by atoms with van der Waals surface area (Å²) >= 11 is 0. The third kappa shape index (κ3) is 3.59. The lowest BCUT2D eigenvalue weighted by Crippen LogP contribution is -2.28. The van der Waals surface area contributed by atoms with E-state index in [0.29, 0.717) is 36.0 Å². The summed E-state index contributed by atoms with van der Waals surface area (Å²) in [7, 11) is 1.81. The molecular weight excluding hydrogens is 296 g/mol. The Morgan fingerprint density at radius 1 is 1.43 bits per heavy atom. The smallest absolute Gasteiger partial charge is 0.226 e. The van der Waals surface area contributed by atoms with Crippen molar-refractivity contribution in [3.8, 4) is 5.88 Å². The Balaban J connectivity index is 1.89. The summed E-state index contributed by atoms with van der Waals surface area (Å²) in [5.74, 6) is 0.660. The quantitative estimate of drug-likeness (QED) is 0.642. The van der Waals surface area contributed by atoms with Crippen molar-refractivity contribution >= 4 is 17.2 Å². The van der Waals surface area contributed by atoms with E-state index in [1.807, 2.05) is 7.05 Å². The van der Waals surface area contributed by atoms with Gasteiger partial charge in [-0.3, -0.25) is 4.68 Å². The number of nitrogens with zero attached hydrogens (tertiary/aromatic N) is 4. The number of ether oxygens (including phenoxy) is 2. The Labute approximate surface area is 134 Å². The van der Waals surface area contributed by atoms with Crippen LogP contribution in [0.2, 0.25) is 0 Å². The second-order valence-corrected chi connectivity index (χ2v) is 5.38. The maximum Gasteiger partial charge on any atom is 0.226 e. The van der Waals surface area contributed by atoms with Gasteiger partial charge in [0.15, 0.2) is 0 Å². The summed E-state index contributed by atoms with van der Waals surface area (Å²) in [5, 5.41) is 4.06. The maximum atomic E-state index is 6.13. The van der Waals surface area contributed by atoms with Crippen molar-refractivity contribution in [3.63, 3.8) is 0 Å². The van der Waals surface area contributed by atoms with Crippen molar-refractivity contribution in [2.24, 2.45) is 17.8 Å². The minimum atomic E-state index is 0.0444. The fourth-order valence-electron chi connectivity index (χ4n) is 2.42. The van der Waals surface area contributed by atoms with Crippen molar-refractivity contribution in [3.05, 3.63) is 30.2 Å². The van der Waals surface area contributed by atoms with E-state index in [9.17, 15) is 0 Å². The molecule has 1 fully saturated rings. The van der Waals surface area contributed by atoms with E-state index in [4.69, 9.17) is 20.9 Å². The van der Waals surface area contributed by atoms with Crippen molar-refractivity contribution in [2.45, 2.75) is 18.9 Å². The Bertz CT molecular complexity index is 706. The molecule has 23 heavy (non-hydrogen) atoms. The van der Waals surface area contributed by atoms with Gasteiger partial charge in [0.2, 0.25) is 5.88 Å². The molecule has 3 rings (SSSR count). The van der Waals surface area contributed by atoms with Crippen molar-refractivity contribution in [1.82, 2.24) is 14.8 Å². The molecule has 0 amide bonds. The highest BCUT2D eigenvalue weighted by atomic mass is 16.5. The average molecular weight is 316 g/mol. The Hall–Kier alpha value is -2.61. The normalized spacial score (nSPS) is 16.5. The molecule has 0 saturated carbocycles. The molecule has 1 aliphatic rings. The number of hydrogen-bond donors (Lipinski definition) is 2. The molecule has 2 aromatic heterocycles. The zero-order valence-corrected chi connectivity index (χ0v) is 13.0. The van der Waals surface area contributed by atoms with E-state index in [0.717, 1.165) is 12.8 Å². The summed E-state index contributed by atoms with van der Waals surface area (Å²) in [6, 6.07) is 1.68. The van der Waals surface area contributed by atoms with Crippen LogP contribution >= 0.6 is 0 Å². The standard InChI is InChI=1S/C15H20N6O2/c1-21-9-10(8-19-21)20-14(17)13-12(16)2-5-18-15(13)23-11-3-6-22-7-4-11/h2,5,8-9,11H,3-4,6-7H2,1H3,(H2,16,18)(H2,17,20). The maximum absolute atomic E-state index is 6.13. The van der Waals surface area contributed by atoms with E-state index in [2.05, 4.69) is 15.1 Å². The van der Waals surface area contributed by atoms with E-state index in [-0.39, 0.29) is 11.9 Å². The highest BCUT2D eigenvalue weighted by molar-refractivity contribution is 6.05. The van der Waals surface area contributed by atoms with Crippen LogP contribution in [-0.2, 0) is 11.8 Å². The molecule has 4 N–H and O–H groups in total. The van der Waals surface area contributed by atoms with E-state index < -0.39 is 0 Å². The first kappa shape index (κ1) is 15.3.